The van der Waals surface area contributed by atoms with Gasteiger partial charge in [0.2, 0.25) is 0 Å². The Morgan fingerprint density at radius 3 is 1.97 bits per heavy atom. The number of nitrogens with zero attached hydrogens (tertiary/aromatic N) is 5. The molecule has 0 fully saturated rings. The molecule has 0 spiro atoms. The fourth-order valence-corrected chi connectivity index (χ4v) is 4.08. The first-order chi connectivity index (χ1) is 14.8. The van der Waals surface area contributed by atoms with Gasteiger partial charge in [0.25, 0.3) is 5.56 Å². The molecule has 9 heteroatoms. The molecule has 9 nitrogen and oxygen atoms in total. The van der Waals surface area contributed by atoms with Gasteiger partial charge < -0.3 is 14.8 Å². The molecular weight excluding hydrogens is 398 g/mol. The van der Waals surface area contributed by atoms with Gasteiger partial charge >= 0.3 is 5.69 Å². The largest absolute Gasteiger partial charge is 0.379 e. The van der Waals surface area contributed by atoms with Crippen molar-refractivity contribution < 1.29 is 10.2 Å². The summed E-state index contributed by atoms with van der Waals surface area (Å²) in [5.41, 5.74) is 0.328. The Labute approximate surface area is 183 Å². The van der Waals surface area contributed by atoms with E-state index in [2.05, 4.69) is 4.98 Å². The standard InChI is InChI=1S/C22H39N5O4/c1-17(28)26(18(2)29)14-12-10-8-6-5-7-9-11-13-15-27-21(30)19-20(23-16-24(19)3)25(4)22(27)31/h16-18,28-29H,5-15H2,1-4H3. The van der Waals surface area contributed by atoms with Crippen LogP contribution in [-0.2, 0) is 20.6 Å². The minimum atomic E-state index is -0.623. The number of aliphatic hydroxyl groups excluding tert-OH is 2. The molecule has 2 unspecified atom stereocenters. The van der Waals surface area contributed by atoms with Crippen molar-refractivity contribution in [2.45, 2.75) is 90.6 Å². The Hall–Kier alpha value is -1.97. The van der Waals surface area contributed by atoms with Crippen molar-refractivity contribution in [3.63, 3.8) is 0 Å². The molecule has 176 valence electrons. The average molecular weight is 438 g/mol. The monoisotopic (exact) mass is 437 g/mol. The lowest BCUT2D eigenvalue weighted by molar-refractivity contribution is -0.0844. The van der Waals surface area contributed by atoms with Gasteiger partial charge in [-0.15, -0.1) is 0 Å². The highest BCUT2D eigenvalue weighted by Gasteiger charge is 2.15. The number of hydrogen-bond donors (Lipinski definition) is 2. The highest BCUT2D eigenvalue weighted by atomic mass is 16.3. The van der Waals surface area contributed by atoms with E-state index in [1.807, 2.05) is 0 Å². The molecule has 0 amide bonds. The molecular formula is C22H39N5O4. The molecule has 0 aromatic carbocycles. The first kappa shape index (κ1) is 25.3. The number of imidazole rings is 1. The lowest BCUT2D eigenvalue weighted by Crippen LogP contribution is -2.40. The van der Waals surface area contributed by atoms with Gasteiger partial charge in [-0.25, -0.2) is 9.78 Å². The number of fused-ring (bicyclic) bond motifs is 1. The zero-order valence-electron chi connectivity index (χ0n) is 19.5. The number of rotatable bonds is 14. The molecule has 2 rings (SSSR count). The fraction of sp³-hybridized carbons (Fsp3) is 0.773. The van der Waals surface area contributed by atoms with Crippen LogP contribution in [0.2, 0.25) is 0 Å². The second-order valence-electron chi connectivity index (χ2n) is 8.51. The van der Waals surface area contributed by atoms with Gasteiger partial charge in [0.15, 0.2) is 11.2 Å². The van der Waals surface area contributed by atoms with Crippen molar-refractivity contribution >= 4 is 11.2 Å². The molecule has 2 heterocycles. The Kier molecular flexibility index (Phi) is 9.93. The molecule has 0 saturated heterocycles. The Morgan fingerprint density at radius 1 is 0.903 bits per heavy atom. The van der Waals surface area contributed by atoms with E-state index in [1.54, 1.807) is 43.7 Å². The Bertz CT molecular complexity index is 920. The van der Waals surface area contributed by atoms with Gasteiger partial charge in [-0.1, -0.05) is 44.9 Å². The van der Waals surface area contributed by atoms with E-state index in [0.717, 1.165) is 44.9 Å². The topological polar surface area (TPSA) is 106 Å². The van der Waals surface area contributed by atoms with Crippen molar-refractivity contribution in [1.29, 1.82) is 0 Å². The van der Waals surface area contributed by atoms with E-state index in [1.165, 1.54) is 22.0 Å². The summed E-state index contributed by atoms with van der Waals surface area (Å²) in [6.07, 6.45) is 9.96. The van der Waals surface area contributed by atoms with Gasteiger partial charge in [0, 0.05) is 27.2 Å². The summed E-state index contributed by atoms with van der Waals surface area (Å²) in [7, 11) is 3.42. The molecule has 2 atom stereocenters. The smallest absolute Gasteiger partial charge is 0.332 e. The predicted molar refractivity (Wildman–Crippen MR) is 122 cm³/mol. The zero-order chi connectivity index (χ0) is 23.0. The molecule has 31 heavy (non-hydrogen) atoms. The number of unbranched alkanes of at least 4 members (excludes halogenated alkanes) is 8. The van der Waals surface area contributed by atoms with Crippen molar-refractivity contribution in [2.75, 3.05) is 6.54 Å². The van der Waals surface area contributed by atoms with Crippen LogP contribution in [-0.4, -0.2) is 52.8 Å². The highest BCUT2D eigenvalue weighted by molar-refractivity contribution is 5.69. The van der Waals surface area contributed by atoms with Crippen LogP contribution in [0.4, 0.5) is 0 Å². The third-order valence-corrected chi connectivity index (χ3v) is 5.96. The van der Waals surface area contributed by atoms with E-state index in [9.17, 15) is 19.8 Å². The van der Waals surface area contributed by atoms with E-state index >= 15 is 0 Å². The maximum atomic E-state index is 12.6. The van der Waals surface area contributed by atoms with Gasteiger partial charge in [-0.05, 0) is 26.7 Å². The summed E-state index contributed by atoms with van der Waals surface area (Å²) in [5.74, 6) is 0. The molecule has 0 saturated carbocycles. The first-order valence-corrected chi connectivity index (χ1v) is 11.5. The van der Waals surface area contributed by atoms with Gasteiger partial charge in [0.1, 0.15) is 12.5 Å². The number of aryl methyl sites for hydroxylation is 2. The molecule has 2 N–H and O–H groups in total. The number of hydrogen-bond acceptors (Lipinski definition) is 6. The molecule has 0 bridgehead atoms. The van der Waals surface area contributed by atoms with Crippen molar-refractivity contribution in [1.82, 2.24) is 23.6 Å². The van der Waals surface area contributed by atoms with Crippen molar-refractivity contribution in [3.05, 3.63) is 27.2 Å². The van der Waals surface area contributed by atoms with E-state index < -0.39 is 12.5 Å². The maximum Gasteiger partial charge on any atom is 0.332 e. The summed E-state index contributed by atoms with van der Waals surface area (Å²) < 4.78 is 4.44. The highest BCUT2D eigenvalue weighted by Crippen LogP contribution is 2.12. The Balaban J connectivity index is 1.62. The summed E-state index contributed by atoms with van der Waals surface area (Å²) >= 11 is 0. The van der Waals surface area contributed by atoms with Crippen LogP contribution in [0.3, 0.4) is 0 Å². The zero-order valence-corrected chi connectivity index (χ0v) is 19.5. The van der Waals surface area contributed by atoms with Crippen LogP contribution in [0.15, 0.2) is 15.9 Å². The van der Waals surface area contributed by atoms with Crippen molar-refractivity contribution in [2.24, 2.45) is 14.1 Å². The molecule has 0 aliphatic carbocycles. The van der Waals surface area contributed by atoms with Gasteiger partial charge in [0.05, 0.1) is 6.33 Å². The number of aliphatic hydroxyl groups is 2. The molecule has 0 aliphatic heterocycles. The quantitative estimate of drug-likeness (QED) is 0.346. The fourth-order valence-electron chi connectivity index (χ4n) is 4.08. The Morgan fingerprint density at radius 2 is 1.42 bits per heavy atom. The van der Waals surface area contributed by atoms with Crippen LogP contribution in [0, 0.1) is 0 Å². The summed E-state index contributed by atoms with van der Waals surface area (Å²) in [4.78, 5) is 31.0. The second-order valence-corrected chi connectivity index (χ2v) is 8.51. The first-order valence-electron chi connectivity index (χ1n) is 11.5. The van der Waals surface area contributed by atoms with Crippen LogP contribution in [0.5, 0.6) is 0 Å². The predicted octanol–water partition coefficient (Wildman–Crippen LogP) is 1.92. The molecule has 0 aliphatic rings. The minimum Gasteiger partial charge on any atom is -0.379 e. The van der Waals surface area contributed by atoms with E-state index in [4.69, 9.17) is 0 Å². The van der Waals surface area contributed by atoms with Crippen LogP contribution < -0.4 is 11.2 Å². The second kappa shape index (κ2) is 12.2. The van der Waals surface area contributed by atoms with Gasteiger partial charge in [-0.2, -0.15) is 0 Å². The lowest BCUT2D eigenvalue weighted by Gasteiger charge is -2.27. The molecule has 0 radical (unpaired) electrons. The SMILES string of the molecule is CC(O)N(CCCCCCCCCCCn1c(=O)c2c(ncn2C)n(C)c1=O)C(C)O. The maximum absolute atomic E-state index is 12.6. The lowest BCUT2D eigenvalue weighted by atomic mass is 10.1. The number of aromatic nitrogens is 4. The third-order valence-electron chi connectivity index (χ3n) is 5.96. The normalized spacial score (nSPS) is 13.9. The van der Waals surface area contributed by atoms with Crippen molar-refractivity contribution in [3.8, 4) is 0 Å². The average Bonchev–Trinajstić information content (AvgIpc) is 3.10. The van der Waals surface area contributed by atoms with Gasteiger partial charge in [-0.3, -0.25) is 18.8 Å². The van der Waals surface area contributed by atoms with Crippen LogP contribution in [0.25, 0.3) is 11.2 Å². The van der Waals surface area contributed by atoms with E-state index in [0.29, 0.717) is 24.3 Å². The summed E-state index contributed by atoms with van der Waals surface area (Å²) in [6.45, 7) is 4.50. The summed E-state index contributed by atoms with van der Waals surface area (Å²) in [6, 6.07) is 0. The molecule has 2 aromatic heterocycles. The minimum absolute atomic E-state index is 0.261. The van der Waals surface area contributed by atoms with Crippen LogP contribution >= 0.6 is 0 Å². The van der Waals surface area contributed by atoms with E-state index in [-0.39, 0.29) is 11.2 Å². The molecule has 2 aromatic rings. The third kappa shape index (κ3) is 6.75. The van der Waals surface area contributed by atoms with Crippen LogP contribution in [0.1, 0.15) is 71.6 Å². The summed E-state index contributed by atoms with van der Waals surface area (Å²) in [5, 5.41) is 19.2.